The summed E-state index contributed by atoms with van der Waals surface area (Å²) in [6, 6.07) is 0. The summed E-state index contributed by atoms with van der Waals surface area (Å²) < 4.78 is 12.5. The van der Waals surface area contributed by atoms with E-state index in [1.165, 1.54) is 0 Å². The molecule has 1 atom stereocenters. The van der Waals surface area contributed by atoms with Crippen molar-refractivity contribution in [2.45, 2.75) is 38.3 Å². The van der Waals surface area contributed by atoms with Crippen LogP contribution in [0.5, 0.6) is 0 Å². The van der Waals surface area contributed by atoms with Crippen molar-refractivity contribution in [3.8, 4) is 0 Å². The lowest BCUT2D eigenvalue weighted by Gasteiger charge is -2.33. The predicted octanol–water partition coefficient (Wildman–Crippen LogP) is -0.378. The van der Waals surface area contributed by atoms with Crippen molar-refractivity contribution in [2.75, 3.05) is 46.5 Å². The highest BCUT2D eigenvalue weighted by molar-refractivity contribution is 5.85. The standard InChI is InChI=1S/C16H26N6O4/c1-25-9-8-22-16(17-18-19-22)13-11-21(7-10-26-13)15(24)12-20-6-4-2-3-5-14(20)23/h13H,2-12H2,1H3. The maximum atomic E-state index is 12.7. The molecule has 2 saturated heterocycles. The number of ether oxygens (including phenoxy) is 2. The van der Waals surface area contributed by atoms with Gasteiger partial charge < -0.3 is 19.3 Å². The molecule has 10 nitrogen and oxygen atoms in total. The maximum Gasteiger partial charge on any atom is 0.242 e. The van der Waals surface area contributed by atoms with Gasteiger partial charge in [0, 0.05) is 26.6 Å². The van der Waals surface area contributed by atoms with Crippen LogP contribution in [-0.2, 0) is 25.6 Å². The number of hydrogen-bond donors (Lipinski definition) is 0. The van der Waals surface area contributed by atoms with Crippen molar-refractivity contribution in [1.29, 1.82) is 0 Å². The Labute approximate surface area is 152 Å². The third-order valence-corrected chi connectivity index (χ3v) is 4.77. The molecule has 2 amide bonds. The number of carbonyl (C=O) groups excluding carboxylic acids is 2. The number of carbonyl (C=O) groups is 2. The minimum Gasteiger partial charge on any atom is -0.383 e. The Morgan fingerprint density at radius 2 is 2.19 bits per heavy atom. The zero-order chi connectivity index (χ0) is 18.4. The number of methoxy groups -OCH3 is 1. The van der Waals surface area contributed by atoms with E-state index in [-0.39, 0.29) is 24.5 Å². The van der Waals surface area contributed by atoms with Crippen LogP contribution in [0.4, 0.5) is 0 Å². The van der Waals surface area contributed by atoms with Gasteiger partial charge in [0.25, 0.3) is 0 Å². The van der Waals surface area contributed by atoms with Crippen molar-refractivity contribution in [3.05, 3.63) is 5.82 Å². The first-order valence-electron chi connectivity index (χ1n) is 9.11. The monoisotopic (exact) mass is 366 g/mol. The van der Waals surface area contributed by atoms with Gasteiger partial charge in [0.15, 0.2) is 5.82 Å². The van der Waals surface area contributed by atoms with Gasteiger partial charge in [0.05, 0.1) is 32.8 Å². The highest BCUT2D eigenvalue weighted by Gasteiger charge is 2.30. The number of hydrogen-bond acceptors (Lipinski definition) is 7. The van der Waals surface area contributed by atoms with Gasteiger partial charge >= 0.3 is 0 Å². The molecule has 1 aromatic rings. The Morgan fingerprint density at radius 1 is 1.31 bits per heavy atom. The van der Waals surface area contributed by atoms with E-state index in [0.29, 0.717) is 51.6 Å². The number of nitrogens with zero attached hydrogens (tertiary/aromatic N) is 6. The second-order valence-electron chi connectivity index (χ2n) is 6.58. The Kier molecular flexibility index (Phi) is 6.51. The van der Waals surface area contributed by atoms with Gasteiger partial charge in [-0.05, 0) is 23.3 Å². The lowest BCUT2D eigenvalue weighted by molar-refractivity contribution is -0.145. The quantitative estimate of drug-likeness (QED) is 0.676. The Morgan fingerprint density at radius 3 is 3.04 bits per heavy atom. The van der Waals surface area contributed by atoms with Crippen LogP contribution in [0.1, 0.15) is 37.6 Å². The van der Waals surface area contributed by atoms with E-state index in [1.807, 2.05) is 0 Å². The van der Waals surface area contributed by atoms with E-state index in [0.717, 1.165) is 19.3 Å². The molecule has 0 saturated carbocycles. The summed E-state index contributed by atoms with van der Waals surface area (Å²) in [6.45, 7) is 3.12. The van der Waals surface area contributed by atoms with Crippen molar-refractivity contribution in [3.63, 3.8) is 0 Å². The summed E-state index contributed by atoms with van der Waals surface area (Å²) in [6.07, 6.45) is 3.07. The van der Waals surface area contributed by atoms with E-state index in [2.05, 4.69) is 15.5 Å². The van der Waals surface area contributed by atoms with Gasteiger partial charge in [-0.3, -0.25) is 9.59 Å². The second-order valence-corrected chi connectivity index (χ2v) is 6.58. The van der Waals surface area contributed by atoms with Crippen LogP contribution in [0.15, 0.2) is 0 Å². The lowest BCUT2D eigenvalue weighted by atomic mass is 10.2. The van der Waals surface area contributed by atoms with Gasteiger partial charge in [-0.15, -0.1) is 5.10 Å². The molecule has 0 bridgehead atoms. The molecule has 3 rings (SSSR count). The molecule has 144 valence electrons. The molecule has 3 heterocycles. The molecule has 2 fully saturated rings. The van der Waals surface area contributed by atoms with Gasteiger partial charge in [-0.1, -0.05) is 6.42 Å². The first-order valence-corrected chi connectivity index (χ1v) is 9.11. The highest BCUT2D eigenvalue weighted by atomic mass is 16.5. The van der Waals surface area contributed by atoms with E-state index in [9.17, 15) is 9.59 Å². The van der Waals surface area contributed by atoms with Crippen LogP contribution >= 0.6 is 0 Å². The minimum absolute atomic E-state index is 0.0514. The summed E-state index contributed by atoms with van der Waals surface area (Å²) in [5.41, 5.74) is 0. The van der Waals surface area contributed by atoms with Gasteiger partial charge in [0.1, 0.15) is 6.10 Å². The van der Waals surface area contributed by atoms with E-state index >= 15 is 0 Å². The third-order valence-electron chi connectivity index (χ3n) is 4.77. The van der Waals surface area contributed by atoms with Crippen LogP contribution in [0.25, 0.3) is 0 Å². The minimum atomic E-state index is -0.376. The average molecular weight is 366 g/mol. The number of morpholine rings is 1. The van der Waals surface area contributed by atoms with E-state index < -0.39 is 0 Å². The summed E-state index contributed by atoms with van der Waals surface area (Å²) in [5.74, 6) is 0.610. The fourth-order valence-electron chi connectivity index (χ4n) is 3.28. The van der Waals surface area contributed by atoms with Crippen LogP contribution in [0.3, 0.4) is 0 Å². The molecular formula is C16H26N6O4. The van der Waals surface area contributed by atoms with Crippen LogP contribution in [0, 0.1) is 0 Å². The molecule has 0 radical (unpaired) electrons. The summed E-state index contributed by atoms with van der Waals surface area (Å²) >= 11 is 0. The van der Waals surface area contributed by atoms with Gasteiger partial charge in [-0.25, -0.2) is 4.68 Å². The fraction of sp³-hybridized carbons (Fsp3) is 0.812. The maximum absolute atomic E-state index is 12.7. The van der Waals surface area contributed by atoms with Crippen LogP contribution in [0.2, 0.25) is 0 Å². The Hall–Kier alpha value is -2.07. The smallest absolute Gasteiger partial charge is 0.242 e. The number of aromatic nitrogens is 4. The number of likely N-dealkylation sites (tertiary alicyclic amines) is 1. The average Bonchev–Trinajstić information content (AvgIpc) is 3.04. The topological polar surface area (TPSA) is 103 Å². The third kappa shape index (κ3) is 4.55. The van der Waals surface area contributed by atoms with E-state index in [4.69, 9.17) is 9.47 Å². The van der Waals surface area contributed by atoms with Crippen LogP contribution < -0.4 is 0 Å². The molecule has 1 aromatic heterocycles. The fourth-order valence-corrected chi connectivity index (χ4v) is 3.28. The van der Waals surface area contributed by atoms with E-state index in [1.54, 1.807) is 21.6 Å². The first-order chi connectivity index (χ1) is 12.7. The van der Waals surface area contributed by atoms with Crippen molar-refractivity contribution >= 4 is 11.8 Å². The number of rotatable bonds is 6. The van der Waals surface area contributed by atoms with Crippen molar-refractivity contribution in [1.82, 2.24) is 30.0 Å². The Bertz CT molecular complexity index is 622. The molecule has 0 N–H and O–H groups in total. The predicted molar refractivity (Wildman–Crippen MR) is 90.0 cm³/mol. The van der Waals surface area contributed by atoms with Crippen LogP contribution in [-0.4, -0.2) is 88.3 Å². The zero-order valence-corrected chi connectivity index (χ0v) is 15.2. The van der Waals surface area contributed by atoms with Crippen molar-refractivity contribution in [2.24, 2.45) is 0 Å². The molecule has 26 heavy (non-hydrogen) atoms. The number of amides is 2. The number of tetrazole rings is 1. The highest BCUT2D eigenvalue weighted by Crippen LogP contribution is 2.20. The zero-order valence-electron chi connectivity index (χ0n) is 15.2. The molecule has 1 unspecified atom stereocenters. The summed E-state index contributed by atoms with van der Waals surface area (Å²) in [4.78, 5) is 28.2. The molecule has 10 heteroatoms. The van der Waals surface area contributed by atoms with Gasteiger partial charge in [0.2, 0.25) is 11.8 Å². The summed E-state index contributed by atoms with van der Waals surface area (Å²) in [7, 11) is 1.62. The SMILES string of the molecule is COCCn1nnnc1C1CN(C(=O)CN2CCCCCC2=O)CCO1. The second kappa shape index (κ2) is 9.04. The molecule has 2 aliphatic rings. The lowest BCUT2D eigenvalue weighted by Crippen LogP contribution is -2.48. The molecular weight excluding hydrogens is 340 g/mol. The normalized spacial score (nSPS) is 21.7. The molecule has 0 aromatic carbocycles. The molecule has 0 spiro atoms. The Balaban J connectivity index is 1.60. The van der Waals surface area contributed by atoms with Crippen molar-refractivity contribution < 1.29 is 19.1 Å². The molecule has 0 aliphatic carbocycles. The summed E-state index contributed by atoms with van der Waals surface area (Å²) in [5, 5.41) is 11.7. The first kappa shape index (κ1) is 18.7. The largest absolute Gasteiger partial charge is 0.383 e. The molecule has 2 aliphatic heterocycles. The van der Waals surface area contributed by atoms with Gasteiger partial charge in [-0.2, -0.15) is 0 Å².